The van der Waals surface area contributed by atoms with Gasteiger partial charge in [-0.2, -0.15) is 5.10 Å². The van der Waals surface area contributed by atoms with E-state index in [9.17, 15) is 9.59 Å². The second-order valence-electron chi connectivity index (χ2n) is 4.34. The molecule has 0 unspecified atom stereocenters. The average molecular weight is 276 g/mol. The van der Waals surface area contributed by atoms with Crippen molar-refractivity contribution in [2.45, 2.75) is 12.8 Å². The number of benzene rings is 1. The SMILES string of the molecule is COC(=O)CCc1nn(C)c2c(C(=O)OC)cccc12. The van der Waals surface area contributed by atoms with Gasteiger partial charge in [0.1, 0.15) is 0 Å². The van der Waals surface area contributed by atoms with Crippen LogP contribution in [0.1, 0.15) is 22.5 Å². The Balaban J connectivity index is 2.44. The Kier molecular flexibility index (Phi) is 4.02. The molecule has 6 nitrogen and oxygen atoms in total. The number of hydrogen-bond donors (Lipinski definition) is 0. The van der Waals surface area contributed by atoms with Gasteiger partial charge in [-0.1, -0.05) is 12.1 Å². The Morgan fingerprint density at radius 2 is 2.00 bits per heavy atom. The van der Waals surface area contributed by atoms with Gasteiger partial charge in [-0.05, 0) is 6.07 Å². The van der Waals surface area contributed by atoms with E-state index < -0.39 is 5.97 Å². The molecule has 1 aromatic heterocycles. The first-order valence-corrected chi connectivity index (χ1v) is 6.18. The topological polar surface area (TPSA) is 70.4 Å². The van der Waals surface area contributed by atoms with Gasteiger partial charge in [0.15, 0.2) is 0 Å². The maximum absolute atomic E-state index is 11.8. The van der Waals surface area contributed by atoms with E-state index in [2.05, 4.69) is 9.84 Å². The third kappa shape index (κ3) is 2.49. The minimum Gasteiger partial charge on any atom is -0.469 e. The smallest absolute Gasteiger partial charge is 0.340 e. The summed E-state index contributed by atoms with van der Waals surface area (Å²) in [5, 5.41) is 5.22. The Hall–Kier alpha value is -2.37. The first kappa shape index (κ1) is 14.0. The van der Waals surface area contributed by atoms with Crippen LogP contribution in [0.2, 0.25) is 0 Å². The minimum absolute atomic E-state index is 0.255. The highest BCUT2D eigenvalue weighted by molar-refractivity contribution is 6.03. The van der Waals surface area contributed by atoms with Crippen molar-refractivity contribution < 1.29 is 19.1 Å². The third-order valence-electron chi connectivity index (χ3n) is 3.14. The lowest BCUT2D eigenvalue weighted by atomic mass is 10.1. The number of aromatic nitrogens is 2. The molecule has 0 aliphatic heterocycles. The number of ether oxygens (including phenoxy) is 2. The van der Waals surface area contributed by atoms with E-state index in [4.69, 9.17) is 4.74 Å². The van der Waals surface area contributed by atoms with Crippen LogP contribution in [0.4, 0.5) is 0 Å². The minimum atomic E-state index is -0.405. The Morgan fingerprint density at radius 1 is 1.25 bits per heavy atom. The Morgan fingerprint density at radius 3 is 2.65 bits per heavy atom. The molecular formula is C14H16N2O4. The van der Waals surface area contributed by atoms with Crippen LogP contribution in [-0.2, 0) is 27.7 Å². The Labute approximate surface area is 116 Å². The maximum Gasteiger partial charge on any atom is 0.340 e. The first-order valence-electron chi connectivity index (χ1n) is 6.18. The highest BCUT2D eigenvalue weighted by atomic mass is 16.5. The number of carbonyl (C=O) groups excluding carboxylic acids is 2. The highest BCUT2D eigenvalue weighted by Gasteiger charge is 2.17. The number of nitrogens with zero attached hydrogens (tertiary/aromatic N) is 2. The molecule has 0 spiro atoms. The molecule has 0 amide bonds. The fourth-order valence-corrected chi connectivity index (χ4v) is 2.19. The molecule has 0 saturated heterocycles. The molecule has 0 bridgehead atoms. The summed E-state index contributed by atoms with van der Waals surface area (Å²) in [6.45, 7) is 0. The number of aryl methyl sites for hydroxylation is 2. The van der Waals surface area contributed by atoms with Crippen LogP contribution in [0.15, 0.2) is 18.2 Å². The molecule has 1 heterocycles. The van der Waals surface area contributed by atoms with Crippen molar-refractivity contribution in [3.05, 3.63) is 29.5 Å². The molecule has 6 heteroatoms. The van der Waals surface area contributed by atoms with Gasteiger partial charge in [-0.3, -0.25) is 9.48 Å². The van der Waals surface area contributed by atoms with E-state index in [0.29, 0.717) is 17.5 Å². The van der Waals surface area contributed by atoms with Gasteiger partial charge in [0.05, 0.1) is 37.4 Å². The van der Waals surface area contributed by atoms with Crippen LogP contribution in [0.25, 0.3) is 10.9 Å². The van der Waals surface area contributed by atoms with Gasteiger partial charge in [-0.15, -0.1) is 0 Å². The molecule has 2 aromatic rings. The Bertz CT molecular complexity index is 660. The fraction of sp³-hybridized carbons (Fsp3) is 0.357. The summed E-state index contributed by atoms with van der Waals surface area (Å²) in [7, 11) is 4.46. The van der Waals surface area contributed by atoms with Gasteiger partial charge in [-0.25, -0.2) is 4.79 Å². The van der Waals surface area contributed by atoms with Crippen molar-refractivity contribution in [1.82, 2.24) is 9.78 Å². The van der Waals surface area contributed by atoms with Crippen molar-refractivity contribution in [3.63, 3.8) is 0 Å². The van der Waals surface area contributed by atoms with Crippen LogP contribution in [-0.4, -0.2) is 35.9 Å². The largest absolute Gasteiger partial charge is 0.469 e. The number of hydrogen-bond acceptors (Lipinski definition) is 5. The van der Waals surface area contributed by atoms with Crippen molar-refractivity contribution in [3.8, 4) is 0 Å². The predicted octanol–water partition coefficient (Wildman–Crippen LogP) is 1.47. The summed E-state index contributed by atoms with van der Waals surface area (Å²) in [6.07, 6.45) is 0.722. The molecule has 0 aliphatic rings. The predicted molar refractivity (Wildman–Crippen MR) is 72.4 cm³/mol. The van der Waals surface area contributed by atoms with E-state index in [1.807, 2.05) is 6.07 Å². The number of esters is 2. The number of para-hydroxylation sites is 1. The fourth-order valence-electron chi connectivity index (χ4n) is 2.19. The number of fused-ring (bicyclic) bond motifs is 1. The van der Waals surface area contributed by atoms with Crippen molar-refractivity contribution >= 4 is 22.8 Å². The van der Waals surface area contributed by atoms with Crippen LogP contribution in [0, 0.1) is 0 Å². The van der Waals surface area contributed by atoms with Crippen LogP contribution < -0.4 is 0 Å². The van der Waals surface area contributed by atoms with E-state index in [1.54, 1.807) is 23.9 Å². The molecule has 0 fully saturated rings. The van der Waals surface area contributed by atoms with Crippen molar-refractivity contribution in [1.29, 1.82) is 0 Å². The molecule has 0 saturated carbocycles. The van der Waals surface area contributed by atoms with E-state index >= 15 is 0 Å². The summed E-state index contributed by atoms with van der Waals surface area (Å²) < 4.78 is 11.0. The molecule has 1 aromatic carbocycles. The number of carbonyl (C=O) groups is 2. The highest BCUT2D eigenvalue weighted by Crippen LogP contribution is 2.23. The first-order chi connectivity index (χ1) is 9.58. The lowest BCUT2D eigenvalue weighted by Crippen LogP contribution is -2.04. The molecule has 0 N–H and O–H groups in total. The second-order valence-corrected chi connectivity index (χ2v) is 4.34. The van der Waals surface area contributed by atoms with Crippen molar-refractivity contribution in [2.24, 2.45) is 7.05 Å². The quantitative estimate of drug-likeness (QED) is 0.791. The molecule has 0 aliphatic carbocycles. The zero-order valence-corrected chi connectivity index (χ0v) is 11.7. The molecule has 0 atom stereocenters. The van der Waals surface area contributed by atoms with E-state index in [-0.39, 0.29) is 12.4 Å². The molecule has 0 radical (unpaired) electrons. The van der Waals surface area contributed by atoms with Gasteiger partial charge in [0.2, 0.25) is 0 Å². The summed E-state index contributed by atoms with van der Waals surface area (Å²) >= 11 is 0. The summed E-state index contributed by atoms with van der Waals surface area (Å²) in [6, 6.07) is 5.35. The van der Waals surface area contributed by atoms with Gasteiger partial charge < -0.3 is 9.47 Å². The zero-order chi connectivity index (χ0) is 14.7. The number of methoxy groups -OCH3 is 2. The standard InChI is InChI=1S/C14H16N2O4/c1-16-13-9(5-4-6-10(13)14(18)20-3)11(15-16)7-8-12(17)19-2/h4-6H,7-8H2,1-3H3. The lowest BCUT2D eigenvalue weighted by molar-refractivity contribution is -0.140. The van der Waals surface area contributed by atoms with Gasteiger partial charge in [0.25, 0.3) is 0 Å². The van der Waals surface area contributed by atoms with Crippen LogP contribution in [0.3, 0.4) is 0 Å². The van der Waals surface area contributed by atoms with Gasteiger partial charge in [0, 0.05) is 18.9 Å². The number of rotatable bonds is 4. The zero-order valence-electron chi connectivity index (χ0n) is 11.7. The lowest BCUT2D eigenvalue weighted by Gasteiger charge is -2.02. The monoisotopic (exact) mass is 276 g/mol. The normalized spacial score (nSPS) is 10.6. The molecule has 20 heavy (non-hydrogen) atoms. The summed E-state index contributed by atoms with van der Waals surface area (Å²) in [5.41, 5.74) is 1.93. The van der Waals surface area contributed by atoms with Crippen molar-refractivity contribution in [2.75, 3.05) is 14.2 Å². The van der Waals surface area contributed by atoms with Gasteiger partial charge >= 0.3 is 11.9 Å². The second kappa shape index (κ2) is 5.73. The molecular weight excluding hydrogens is 260 g/mol. The third-order valence-corrected chi connectivity index (χ3v) is 3.14. The summed E-state index contributed by atoms with van der Waals surface area (Å²) in [5.74, 6) is -0.689. The summed E-state index contributed by atoms with van der Waals surface area (Å²) in [4.78, 5) is 23.0. The average Bonchev–Trinajstić information content (AvgIpc) is 2.80. The van der Waals surface area contributed by atoms with E-state index in [0.717, 1.165) is 11.1 Å². The molecule has 106 valence electrons. The van der Waals surface area contributed by atoms with E-state index in [1.165, 1.54) is 14.2 Å². The maximum atomic E-state index is 11.8. The van der Waals surface area contributed by atoms with Crippen LogP contribution >= 0.6 is 0 Å². The molecule has 2 rings (SSSR count). The van der Waals surface area contributed by atoms with Crippen LogP contribution in [0.5, 0.6) is 0 Å².